The first-order valence-electron chi connectivity index (χ1n) is 11.5. The third-order valence-electron chi connectivity index (χ3n) is 5.82. The Labute approximate surface area is 201 Å². The topological polar surface area (TPSA) is 66.4 Å². The van der Waals surface area contributed by atoms with Gasteiger partial charge < -0.3 is 28.8 Å². The number of hydrogen-bond donors (Lipinski definition) is 1. The Balaban J connectivity index is 1.44. The normalized spacial score (nSPS) is 24.7. The molecule has 1 N–H and O–H groups in total. The van der Waals surface area contributed by atoms with Crippen LogP contribution in [0.15, 0.2) is 91.0 Å². The highest BCUT2D eigenvalue weighted by Crippen LogP contribution is 2.28. The molecule has 3 aromatic carbocycles. The first kappa shape index (κ1) is 24.5. The highest BCUT2D eigenvalue weighted by atomic mass is 16.7. The fourth-order valence-electron chi connectivity index (χ4n) is 3.99. The zero-order valence-electron chi connectivity index (χ0n) is 19.4. The molecule has 0 spiro atoms. The van der Waals surface area contributed by atoms with Gasteiger partial charge in [0.05, 0.1) is 26.4 Å². The highest BCUT2D eigenvalue weighted by molar-refractivity contribution is 5.15. The molecule has 0 bridgehead atoms. The lowest BCUT2D eigenvalue weighted by Gasteiger charge is -2.43. The number of aliphatic hydroxyl groups excluding tert-OH is 1. The third kappa shape index (κ3) is 6.73. The van der Waals surface area contributed by atoms with Gasteiger partial charge in [0, 0.05) is 7.11 Å². The minimum Gasteiger partial charge on any atom is -0.387 e. The van der Waals surface area contributed by atoms with Gasteiger partial charge in [-0.05, 0) is 16.7 Å². The Morgan fingerprint density at radius 1 is 0.676 bits per heavy atom. The first-order valence-corrected chi connectivity index (χ1v) is 11.5. The van der Waals surface area contributed by atoms with Crippen molar-refractivity contribution in [2.45, 2.75) is 50.5 Å². The molecule has 6 nitrogen and oxygen atoms in total. The Hall–Kier alpha value is -2.58. The largest absolute Gasteiger partial charge is 0.387 e. The Bertz CT molecular complexity index is 952. The van der Waals surface area contributed by atoms with E-state index < -0.39 is 30.7 Å². The molecule has 0 aromatic heterocycles. The summed E-state index contributed by atoms with van der Waals surface area (Å²) < 4.78 is 30.0. The van der Waals surface area contributed by atoms with Crippen LogP contribution in [0.25, 0.3) is 0 Å². The lowest BCUT2D eigenvalue weighted by Crippen LogP contribution is -2.60. The van der Waals surface area contributed by atoms with Gasteiger partial charge in [0.1, 0.15) is 24.4 Å². The van der Waals surface area contributed by atoms with Crippen LogP contribution in [0.5, 0.6) is 0 Å². The lowest BCUT2D eigenvalue weighted by atomic mass is 9.98. The smallest absolute Gasteiger partial charge is 0.186 e. The molecular formula is C28H32O6. The van der Waals surface area contributed by atoms with Gasteiger partial charge in [-0.25, -0.2) is 0 Å². The number of methoxy groups -OCH3 is 1. The second-order valence-electron chi connectivity index (χ2n) is 8.29. The summed E-state index contributed by atoms with van der Waals surface area (Å²) in [7, 11) is 1.57. The van der Waals surface area contributed by atoms with Crippen LogP contribution >= 0.6 is 0 Å². The Morgan fingerprint density at radius 3 is 1.65 bits per heavy atom. The minimum absolute atomic E-state index is 0.201. The van der Waals surface area contributed by atoms with E-state index in [0.717, 1.165) is 16.7 Å². The van der Waals surface area contributed by atoms with E-state index in [1.807, 2.05) is 91.0 Å². The predicted octanol–water partition coefficient (Wildman–Crippen LogP) is 4.11. The fraction of sp³-hybridized carbons (Fsp3) is 0.357. The average Bonchev–Trinajstić information content (AvgIpc) is 2.89. The van der Waals surface area contributed by atoms with Gasteiger partial charge in [0.25, 0.3) is 0 Å². The Kier molecular flexibility index (Phi) is 9.21. The van der Waals surface area contributed by atoms with E-state index in [-0.39, 0.29) is 6.61 Å². The maximum absolute atomic E-state index is 11.2. The summed E-state index contributed by atoms with van der Waals surface area (Å²) in [5.74, 6) is 0. The van der Waals surface area contributed by atoms with E-state index in [9.17, 15) is 5.11 Å². The van der Waals surface area contributed by atoms with E-state index in [1.165, 1.54) is 0 Å². The zero-order chi connectivity index (χ0) is 23.6. The number of aliphatic hydroxyl groups is 1. The van der Waals surface area contributed by atoms with Gasteiger partial charge >= 0.3 is 0 Å². The molecule has 1 aliphatic heterocycles. The Morgan fingerprint density at radius 2 is 1.15 bits per heavy atom. The van der Waals surface area contributed by atoms with Gasteiger partial charge in [-0.2, -0.15) is 0 Å². The summed E-state index contributed by atoms with van der Waals surface area (Å²) in [4.78, 5) is 0. The van der Waals surface area contributed by atoms with Crippen LogP contribution in [0.3, 0.4) is 0 Å². The van der Waals surface area contributed by atoms with Crippen LogP contribution in [-0.4, -0.2) is 49.5 Å². The maximum atomic E-state index is 11.2. The van der Waals surface area contributed by atoms with Gasteiger partial charge in [0.2, 0.25) is 0 Å². The van der Waals surface area contributed by atoms with Gasteiger partial charge in [-0.3, -0.25) is 0 Å². The van der Waals surface area contributed by atoms with Crippen LogP contribution in [0.4, 0.5) is 0 Å². The molecule has 0 amide bonds. The quantitative estimate of drug-likeness (QED) is 0.461. The first-order chi connectivity index (χ1) is 16.7. The van der Waals surface area contributed by atoms with Crippen LogP contribution in [0.2, 0.25) is 0 Å². The van der Waals surface area contributed by atoms with Crippen molar-refractivity contribution < 1.29 is 28.8 Å². The molecule has 4 rings (SSSR count). The standard InChI is InChI=1S/C28H32O6/c1-30-28-27(33-19-23-15-9-4-10-16-23)26(32-18-22-13-7-3-8-14-22)25(29)24(34-28)20-31-17-21-11-5-2-6-12-21/h2-16,24-29H,17-20H2,1H3/t24-,25-,26+,27-,28-/m1/s1. The van der Waals surface area contributed by atoms with E-state index in [1.54, 1.807) is 7.11 Å². The monoisotopic (exact) mass is 464 g/mol. The minimum atomic E-state index is -0.952. The van der Waals surface area contributed by atoms with Crippen LogP contribution in [0, 0.1) is 0 Å². The fourth-order valence-corrected chi connectivity index (χ4v) is 3.99. The maximum Gasteiger partial charge on any atom is 0.186 e. The van der Waals surface area contributed by atoms with Crippen molar-refractivity contribution in [1.82, 2.24) is 0 Å². The van der Waals surface area contributed by atoms with Gasteiger partial charge in [0.15, 0.2) is 6.29 Å². The van der Waals surface area contributed by atoms with Crippen LogP contribution in [0.1, 0.15) is 16.7 Å². The average molecular weight is 465 g/mol. The van der Waals surface area contributed by atoms with Gasteiger partial charge in [-0.1, -0.05) is 91.0 Å². The van der Waals surface area contributed by atoms with Crippen molar-refractivity contribution in [2.24, 2.45) is 0 Å². The third-order valence-corrected chi connectivity index (χ3v) is 5.82. The SMILES string of the molecule is CO[C@@H]1O[C@H](COCc2ccccc2)[C@@H](O)[C@H](OCc2ccccc2)[C@H]1OCc1ccccc1. The number of rotatable bonds is 11. The summed E-state index contributed by atoms with van der Waals surface area (Å²) in [6, 6.07) is 29.6. The van der Waals surface area contributed by atoms with Crippen molar-refractivity contribution in [3.8, 4) is 0 Å². The summed E-state index contributed by atoms with van der Waals surface area (Å²) >= 11 is 0. The predicted molar refractivity (Wildman–Crippen MR) is 128 cm³/mol. The highest BCUT2D eigenvalue weighted by Gasteiger charge is 2.47. The molecule has 0 unspecified atom stereocenters. The molecule has 34 heavy (non-hydrogen) atoms. The van der Waals surface area contributed by atoms with Crippen molar-refractivity contribution >= 4 is 0 Å². The molecule has 1 saturated heterocycles. The molecule has 180 valence electrons. The second kappa shape index (κ2) is 12.8. The summed E-state index contributed by atoms with van der Waals surface area (Å²) in [5.41, 5.74) is 3.08. The molecule has 1 fully saturated rings. The van der Waals surface area contributed by atoms with E-state index >= 15 is 0 Å². The molecule has 6 heteroatoms. The van der Waals surface area contributed by atoms with Crippen molar-refractivity contribution in [3.05, 3.63) is 108 Å². The molecule has 5 atom stereocenters. The van der Waals surface area contributed by atoms with Gasteiger partial charge in [-0.15, -0.1) is 0 Å². The summed E-state index contributed by atoms with van der Waals surface area (Å²) in [5, 5.41) is 11.2. The lowest BCUT2D eigenvalue weighted by molar-refractivity contribution is -0.315. The molecule has 0 aliphatic carbocycles. The number of hydrogen-bond acceptors (Lipinski definition) is 6. The van der Waals surface area contributed by atoms with Crippen LogP contribution < -0.4 is 0 Å². The number of benzene rings is 3. The molecular weight excluding hydrogens is 432 g/mol. The molecule has 1 aliphatic rings. The van der Waals surface area contributed by atoms with Crippen LogP contribution in [-0.2, 0) is 43.5 Å². The molecule has 1 heterocycles. The van der Waals surface area contributed by atoms with Crippen molar-refractivity contribution in [3.63, 3.8) is 0 Å². The van der Waals surface area contributed by atoms with E-state index in [0.29, 0.717) is 19.8 Å². The second-order valence-corrected chi connectivity index (χ2v) is 8.29. The number of ether oxygens (including phenoxy) is 5. The van der Waals surface area contributed by atoms with E-state index in [4.69, 9.17) is 23.7 Å². The molecule has 3 aromatic rings. The zero-order valence-corrected chi connectivity index (χ0v) is 19.4. The summed E-state index contributed by atoms with van der Waals surface area (Å²) in [6.07, 6.45) is -3.56. The summed E-state index contributed by atoms with van der Waals surface area (Å²) in [6.45, 7) is 1.31. The van der Waals surface area contributed by atoms with Crippen molar-refractivity contribution in [1.29, 1.82) is 0 Å². The van der Waals surface area contributed by atoms with E-state index in [2.05, 4.69) is 0 Å². The molecule has 0 radical (unpaired) electrons. The molecule has 0 saturated carbocycles. The van der Waals surface area contributed by atoms with Crippen molar-refractivity contribution in [2.75, 3.05) is 13.7 Å².